The molecule has 0 fully saturated rings. The van der Waals surface area contributed by atoms with Gasteiger partial charge in [-0.1, -0.05) is 36.4 Å². The Hall–Kier alpha value is -3.07. The van der Waals surface area contributed by atoms with E-state index < -0.39 is 0 Å². The van der Waals surface area contributed by atoms with Crippen LogP contribution in [0.2, 0.25) is 0 Å². The number of nitrogens with one attached hydrogen (secondary N) is 1. The molecule has 1 aromatic heterocycles. The second-order valence-electron chi connectivity index (χ2n) is 5.96. The summed E-state index contributed by atoms with van der Waals surface area (Å²) in [6.07, 6.45) is 5.94. The van der Waals surface area contributed by atoms with Gasteiger partial charge in [0, 0.05) is 35.4 Å². The highest BCUT2D eigenvalue weighted by molar-refractivity contribution is 6.05. The van der Waals surface area contributed by atoms with Gasteiger partial charge in [0.05, 0.1) is 0 Å². The van der Waals surface area contributed by atoms with Crippen LogP contribution >= 0.6 is 0 Å². The van der Waals surface area contributed by atoms with Crippen molar-refractivity contribution in [3.05, 3.63) is 84.1 Å². The summed E-state index contributed by atoms with van der Waals surface area (Å²) in [5.74, 6) is -0.110. The minimum atomic E-state index is -0.110. The molecule has 2 aromatic carbocycles. The molecule has 0 aliphatic rings. The first-order chi connectivity index (χ1) is 11.5. The number of hydrogen-bond donors (Lipinski definition) is 1. The summed E-state index contributed by atoms with van der Waals surface area (Å²) in [6.45, 7) is 5.78. The monoisotopic (exact) mass is 316 g/mol. The summed E-state index contributed by atoms with van der Waals surface area (Å²) >= 11 is 0. The van der Waals surface area contributed by atoms with E-state index in [1.165, 1.54) is 0 Å². The zero-order chi connectivity index (χ0) is 17.1. The van der Waals surface area contributed by atoms with Crippen molar-refractivity contribution in [2.45, 2.75) is 6.92 Å². The lowest BCUT2D eigenvalue weighted by atomic mass is 10.1. The molecule has 1 N–H and O–H groups in total. The minimum absolute atomic E-state index is 0.110. The molecule has 0 unspecified atom stereocenters. The Labute approximate surface area is 141 Å². The molecule has 0 spiro atoms. The molecule has 3 heteroatoms. The fourth-order valence-corrected chi connectivity index (χ4v) is 2.55. The average molecular weight is 316 g/mol. The molecule has 0 aliphatic carbocycles. The number of fused-ring (bicyclic) bond motifs is 1. The SMILES string of the molecule is C=C(C)/C=C/c1ccc(C(=O)Nc2ccc3c(ccn3C)c2)cc1. The van der Waals surface area contributed by atoms with Gasteiger partial charge in [0.2, 0.25) is 0 Å². The van der Waals surface area contributed by atoms with Crippen LogP contribution in [0.4, 0.5) is 5.69 Å². The van der Waals surface area contributed by atoms with Gasteiger partial charge in [-0.3, -0.25) is 4.79 Å². The van der Waals surface area contributed by atoms with Crippen molar-refractivity contribution in [1.82, 2.24) is 4.57 Å². The third-order valence-electron chi connectivity index (χ3n) is 3.88. The van der Waals surface area contributed by atoms with Gasteiger partial charge in [-0.15, -0.1) is 0 Å². The zero-order valence-electron chi connectivity index (χ0n) is 13.9. The number of aromatic nitrogens is 1. The molecule has 0 bridgehead atoms. The normalized spacial score (nSPS) is 11.1. The topological polar surface area (TPSA) is 34.0 Å². The number of anilines is 1. The van der Waals surface area contributed by atoms with Crippen molar-refractivity contribution in [1.29, 1.82) is 0 Å². The molecule has 0 radical (unpaired) electrons. The molecule has 3 nitrogen and oxygen atoms in total. The molecule has 1 heterocycles. The van der Waals surface area contributed by atoms with Gasteiger partial charge < -0.3 is 9.88 Å². The number of allylic oxidation sites excluding steroid dienone is 2. The standard InChI is InChI=1S/C21H20N2O/c1-15(2)4-5-16-6-8-17(9-7-16)21(24)22-19-10-11-20-18(14-19)12-13-23(20)3/h4-14H,1H2,2-3H3,(H,22,24)/b5-4+. The number of hydrogen-bond acceptors (Lipinski definition) is 1. The molecular formula is C21H20N2O. The highest BCUT2D eigenvalue weighted by Crippen LogP contribution is 2.20. The van der Waals surface area contributed by atoms with Crippen molar-refractivity contribution in [2.24, 2.45) is 7.05 Å². The average Bonchev–Trinajstić information content (AvgIpc) is 2.94. The molecular weight excluding hydrogens is 296 g/mol. The van der Waals surface area contributed by atoms with Crippen LogP contribution in [0, 0.1) is 0 Å². The molecule has 24 heavy (non-hydrogen) atoms. The van der Waals surface area contributed by atoms with E-state index in [0.29, 0.717) is 5.56 Å². The fraction of sp³-hybridized carbons (Fsp3) is 0.0952. The van der Waals surface area contributed by atoms with Crippen molar-refractivity contribution >= 4 is 28.6 Å². The van der Waals surface area contributed by atoms with Gasteiger partial charge in [0.15, 0.2) is 0 Å². The molecule has 3 aromatic rings. The third kappa shape index (κ3) is 3.46. The Morgan fingerprint density at radius 2 is 1.88 bits per heavy atom. The van der Waals surface area contributed by atoms with E-state index in [1.54, 1.807) is 0 Å². The summed E-state index contributed by atoms with van der Waals surface area (Å²) in [7, 11) is 2.00. The van der Waals surface area contributed by atoms with E-state index in [4.69, 9.17) is 0 Å². The predicted octanol–water partition coefficient (Wildman–Crippen LogP) is 5.02. The molecule has 0 atom stereocenters. The van der Waals surface area contributed by atoms with Crippen LogP contribution in [0.5, 0.6) is 0 Å². The van der Waals surface area contributed by atoms with Crippen LogP contribution in [0.25, 0.3) is 17.0 Å². The minimum Gasteiger partial charge on any atom is -0.351 e. The maximum atomic E-state index is 12.4. The van der Waals surface area contributed by atoms with Crippen LogP contribution in [0.3, 0.4) is 0 Å². The van der Waals surface area contributed by atoms with Gasteiger partial charge in [0.1, 0.15) is 0 Å². The van der Waals surface area contributed by atoms with E-state index >= 15 is 0 Å². The van der Waals surface area contributed by atoms with Gasteiger partial charge in [0.25, 0.3) is 5.91 Å². The van der Waals surface area contributed by atoms with Crippen molar-refractivity contribution in [3.8, 4) is 0 Å². The van der Waals surface area contributed by atoms with Gasteiger partial charge in [-0.2, -0.15) is 0 Å². The first-order valence-corrected chi connectivity index (χ1v) is 7.83. The third-order valence-corrected chi connectivity index (χ3v) is 3.88. The molecule has 0 saturated heterocycles. The summed E-state index contributed by atoms with van der Waals surface area (Å²) in [4.78, 5) is 12.4. The van der Waals surface area contributed by atoms with Gasteiger partial charge in [-0.05, 0) is 48.9 Å². The number of amides is 1. The van der Waals surface area contributed by atoms with Crippen molar-refractivity contribution in [3.63, 3.8) is 0 Å². The Bertz CT molecular complexity index is 930. The number of carbonyl (C=O) groups is 1. The maximum Gasteiger partial charge on any atom is 0.255 e. The van der Waals surface area contributed by atoms with E-state index in [-0.39, 0.29) is 5.91 Å². The molecule has 1 amide bonds. The zero-order valence-corrected chi connectivity index (χ0v) is 13.9. The first-order valence-electron chi connectivity index (χ1n) is 7.83. The summed E-state index contributed by atoms with van der Waals surface area (Å²) in [5.41, 5.74) is 4.61. The van der Waals surface area contributed by atoms with Gasteiger partial charge >= 0.3 is 0 Å². The van der Waals surface area contributed by atoms with E-state index in [2.05, 4.69) is 16.5 Å². The fourth-order valence-electron chi connectivity index (χ4n) is 2.55. The highest BCUT2D eigenvalue weighted by atomic mass is 16.1. The lowest BCUT2D eigenvalue weighted by molar-refractivity contribution is 0.102. The smallest absolute Gasteiger partial charge is 0.255 e. The lowest BCUT2D eigenvalue weighted by Crippen LogP contribution is -2.11. The van der Waals surface area contributed by atoms with Crippen molar-refractivity contribution in [2.75, 3.05) is 5.32 Å². The van der Waals surface area contributed by atoms with Crippen LogP contribution in [-0.2, 0) is 7.05 Å². The van der Waals surface area contributed by atoms with E-state index in [9.17, 15) is 4.79 Å². The molecule has 0 saturated carbocycles. The second kappa shape index (κ2) is 6.59. The Morgan fingerprint density at radius 1 is 1.12 bits per heavy atom. The second-order valence-corrected chi connectivity index (χ2v) is 5.96. The molecule has 3 rings (SSSR count). The summed E-state index contributed by atoms with van der Waals surface area (Å²) in [6, 6.07) is 15.5. The van der Waals surface area contributed by atoms with Crippen molar-refractivity contribution < 1.29 is 4.79 Å². The summed E-state index contributed by atoms with van der Waals surface area (Å²) < 4.78 is 2.05. The number of benzene rings is 2. The lowest BCUT2D eigenvalue weighted by Gasteiger charge is -2.06. The van der Waals surface area contributed by atoms with Gasteiger partial charge in [-0.25, -0.2) is 0 Å². The quantitative estimate of drug-likeness (QED) is 0.674. The highest BCUT2D eigenvalue weighted by Gasteiger charge is 2.07. The molecule has 0 aliphatic heterocycles. The first kappa shape index (κ1) is 15.8. The Balaban J connectivity index is 1.74. The largest absolute Gasteiger partial charge is 0.351 e. The number of nitrogens with zero attached hydrogens (tertiary/aromatic N) is 1. The Kier molecular flexibility index (Phi) is 4.34. The number of aryl methyl sites for hydroxylation is 1. The molecule has 120 valence electrons. The van der Waals surface area contributed by atoms with Crippen LogP contribution in [0.1, 0.15) is 22.8 Å². The number of carbonyl (C=O) groups excluding carboxylic acids is 1. The van der Waals surface area contributed by atoms with Crippen LogP contribution in [0.15, 0.2) is 73.0 Å². The summed E-state index contributed by atoms with van der Waals surface area (Å²) in [5, 5.41) is 4.06. The maximum absolute atomic E-state index is 12.4. The van der Waals surface area contributed by atoms with Crippen LogP contribution < -0.4 is 5.32 Å². The Morgan fingerprint density at radius 3 is 2.58 bits per heavy atom. The van der Waals surface area contributed by atoms with Crippen LogP contribution in [-0.4, -0.2) is 10.5 Å². The van der Waals surface area contributed by atoms with E-state index in [0.717, 1.165) is 27.7 Å². The number of rotatable bonds is 4. The van der Waals surface area contributed by atoms with E-state index in [1.807, 2.05) is 80.9 Å². The predicted molar refractivity (Wildman–Crippen MR) is 101 cm³/mol.